The number of carboxylic acid groups (broad SMARTS) is 1. The lowest BCUT2D eigenvalue weighted by atomic mass is 9.94. The fourth-order valence-corrected chi connectivity index (χ4v) is 2.19. The van der Waals surface area contributed by atoms with Crippen molar-refractivity contribution in [2.24, 2.45) is 0 Å². The molecule has 0 bridgehead atoms. The highest BCUT2D eigenvalue weighted by atomic mass is 19.1. The molecule has 1 heterocycles. The number of aromatic carboxylic acids is 1. The van der Waals surface area contributed by atoms with E-state index in [4.69, 9.17) is 5.11 Å². The fourth-order valence-electron chi connectivity index (χ4n) is 2.19. The Bertz CT molecular complexity index is 442. The highest BCUT2D eigenvalue weighted by Gasteiger charge is 2.25. The lowest BCUT2D eigenvalue weighted by molar-refractivity contribution is 0.0693. The van der Waals surface area contributed by atoms with Crippen LogP contribution in [0.15, 0.2) is 12.1 Å². The predicted octanol–water partition coefficient (Wildman–Crippen LogP) is 2.04. The van der Waals surface area contributed by atoms with Gasteiger partial charge in [-0.05, 0) is 31.5 Å². The van der Waals surface area contributed by atoms with E-state index in [1.165, 1.54) is 0 Å². The van der Waals surface area contributed by atoms with Gasteiger partial charge in [-0.3, -0.25) is 0 Å². The van der Waals surface area contributed by atoms with E-state index in [0.29, 0.717) is 6.42 Å². The monoisotopic (exact) mass is 239 g/mol. The normalized spacial score (nSPS) is 20.2. The molecule has 0 saturated carbocycles. The summed E-state index contributed by atoms with van der Waals surface area (Å²) in [6.07, 6.45) is 2.65. The van der Waals surface area contributed by atoms with Gasteiger partial charge in [0.1, 0.15) is 17.1 Å². The van der Waals surface area contributed by atoms with Gasteiger partial charge < -0.3 is 15.5 Å². The van der Waals surface area contributed by atoms with E-state index in [2.05, 4.69) is 5.32 Å². The molecule has 92 valence electrons. The van der Waals surface area contributed by atoms with Gasteiger partial charge in [-0.15, -0.1) is 0 Å². The smallest absolute Gasteiger partial charge is 0.339 e. The van der Waals surface area contributed by atoms with Gasteiger partial charge in [-0.25, -0.2) is 9.18 Å². The van der Waals surface area contributed by atoms with Gasteiger partial charge in [0, 0.05) is 11.6 Å². The minimum atomic E-state index is -1.25. The number of halogens is 1. The number of rotatable bonds is 2. The Hall–Kier alpha value is -1.62. The Balaban J connectivity index is 2.43. The third-order valence-electron chi connectivity index (χ3n) is 3.05. The number of carboxylic acids is 1. The van der Waals surface area contributed by atoms with Crippen LogP contribution in [0.4, 0.5) is 4.39 Å². The van der Waals surface area contributed by atoms with Crippen molar-refractivity contribution in [3.63, 3.8) is 0 Å². The molecule has 0 unspecified atom stereocenters. The molecule has 1 aromatic rings. The number of piperidine rings is 1. The molecule has 0 radical (unpaired) electrons. The zero-order chi connectivity index (χ0) is 12.4. The van der Waals surface area contributed by atoms with Crippen molar-refractivity contribution < 1.29 is 19.4 Å². The summed E-state index contributed by atoms with van der Waals surface area (Å²) in [6, 6.07) is 1.87. The molecule has 0 aliphatic carbocycles. The zero-order valence-corrected chi connectivity index (χ0v) is 9.24. The van der Waals surface area contributed by atoms with Crippen LogP contribution in [0.1, 0.15) is 41.2 Å². The Morgan fingerprint density at radius 1 is 1.41 bits per heavy atom. The molecular formula is C12H14FNO3. The third kappa shape index (κ3) is 2.24. The maximum atomic E-state index is 13.7. The summed E-state index contributed by atoms with van der Waals surface area (Å²) in [5.41, 5.74) is -0.182. The molecule has 0 amide bonds. The van der Waals surface area contributed by atoms with Crippen LogP contribution < -0.4 is 5.32 Å². The Morgan fingerprint density at radius 2 is 2.18 bits per heavy atom. The quantitative estimate of drug-likeness (QED) is 0.738. The molecule has 1 aliphatic rings. The average Bonchev–Trinajstić information content (AvgIpc) is 2.30. The summed E-state index contributed by atoms with van der Waals surface area (Å²) in [5.74, 6) is -2.27. The predicted molar refractivity (Wildman–Crippen MR) is 59.6 cm³/mol. The van der Waals surface area contributed by atoms with Crippen molar-refractivity contribution in [3.8, 4) is 5.75 Å². The standard InChI is InChI=1S/C12H14FNO3/c13-8-5-4-7(12(16)17)11(15)10(8)9-3-1-2-6-14-9/h4-5,9,14-15H,1-3,6H2,(H,16,17)/t9-/m1/s1. The molecule has 5 heteroatoms. The SMILES string of the molecule is O=C(O)c1ccc(F)c([C@H]2CCCCN2)c1O. The van der Waals surface area contributed by atoms with Gasteiger partial charge in [-0.1, -0.05) is 6.42 Å². The summed E-state index contributed by atoms with van der Waals surface area (Å²) in [7, 11) is 0. The van der Waals surface area contributed by atoms with Crippen LogP contribution in [0, 0.1) is 5.82 Å². The second kappa shape index (κ2) is 4.71. The molecule has 0 aromatic heterocycles. The topological polar surface area (TPSA) is 69.6 Å². The van der Waals surface area contributed by atoms with E-state index < -0.39 is 17.5 Å². The van der Waals surface area contributed by atoms with Crippen molar-refractivity contribution >= 4 is 5.97 Å². The number of benzene rings is 1. The molecule has 1 saturated heterocycles. The van der Waals surface area contributed by atoms with E-state index in [1.807, 2.05) is 0 Å². The summed E-state index contributed by atoms with van der Waals surface area (Å²) >= 11 is 0. The first-order chi connectivity index (χ1) is 8.11. The summed E-state index contributed by atoms with van der Waals surface area (Å²) < 4.78 is 13.7. The molecule has 2 rings (SSSR count). The van der Waals surface area contributed by atoms with Gasteiger partial charge in [0.15, 0.2) is 0 Å². The van der Waals surface area contributed by atoms with Crippen LogP contribution >= 0.6 is 0 Å². The number of aromatic hydroxyl groups is 1. The number of carbonyl (C=O) groups is 1. The van der Waals surface area contributed by atoms with Crippen LogP contribution in [0.2, 0.25) is 0 Å². The average molecular weight is 239 g/mol. The summed E-state index contributed by atoms with van der Waals surface area (Å²) in [5, 5.41) is 21.8. The molecular weight excluding hydrogens is 225 g/mol. The summed E-state index contributed by atoms with van der Waals surface area (Å²) in [6.45, 7) is 0.751. The highest BCUT2D eigenvalue weighted by molar-refractivity contribution is 5.91. The number of nitrogens with one attached hydrogen (secondary N) is 1. The molecule has 1 aliphatic heterocycles. The third-order valence-corrected chi connectivity index (χ3v) is 3.05. The number of hydrogen-bond donors (Lipinski definition) is 3. The molecule has 17 heavy (non-hydrogen) atoms. The van der Waals surface area contributed by atoms with Crippen LogP contribution in [0.5, 0.6) is 5.75 Å². The second-order valence-corrected chi connectivity index (χ2v) is 4.16. The van der Waals surface area contributed by atoms with Gasteiger partial charge in [-0.2, -0.15) is 0 Å². The molecule has 0 spiro atoms. The van der Waals surface area contributed by atoms with Crippen molar-refractivity contribution in [2.75, 3.05) is 6.54 Å². The van der Waals surface area contributed by atoms with E-state index in [-0.39, 0.29) is 17.2 Å². The van der Waals surface area contributed by atoms with Crippen molar-refractivity contribution in [3.05, 3.63) is 29.1 Å². The molecule has 1 fully saturated rings. The Labute approximate surface area is 98.1 Å². The lowest BCUT2D eigenvalue weighted by Crippen LogP contribution is -2.27. The lowest BCUT2D eigenvalue weighted by Gasteiger charge is -2.25. The van der Waals surface area contributed by atoms with Gasteiger partial charge in [0.25, 0.3) is 0 Å². The largest absolute Gasteiger partial charge is 0.507 e. The molecule has 1 atom stereocenters. The first-order valence-electron chi connectivity index (χ1n) is 5.59. The van der Waals surface area contributed by atoms with Crippen LogP contribution in [0.3, 0.4) is 0 Å². The second-order valence-electron chi connectivity index (χ2n) is 4.16. The van der Waals surface area contributed by atoms with Crippen molar-refractivity contribution in [2.45, 2.75) is 25.3 Å². The van der Waals surface area contributed by atoms with Crippen molar-refractivity contribution in [1.29, 1.82) is 0 Å². The van der Waals surface area contributed by atoms with E-state index in [9.17, 15) is 14.3 Å². The van der Waals surface area contributed by atoms with Crippen LogP contribution in [-0.4, -0.2) is 22.7 Å². The van der Waals surface area contributed by atoms with E-state index >= 15 is 0 Å². The highest BCUT2D eigenvalue weighted by Crippen LogP contribution is 2.34. The number of hydrogen-bond acceptors (Lipinski definition) is 3. The summed E-state index contributed by atoms with van der Waals surface area (Å²) in [4.78, 5) is 10.9. The minimum absolute atomic E-state index is 0.0737. The van der Waals surface area contributed by atoms with E-state index in [0.717, 1.165) is 31.5 Å². The molecule has 3 N–H and O–H groups in total. The first-order valence-corrected chi connectivity index (χ1v) is 5.59. The maximum Gasteiger partial charge on any atom is 0.339 e. The van der Waals surface area contributed by atoms with Gasteiger partial charge in [0.2, 0.25) is 0 Å². The molecule has 1 aromatic carbocycles. The maximum absolute atomic E-state index is 13.7. The van der Waals surface area contributed by atoms with E-state index in [1.54, 1.807) is 0 Å². The number of phenols is 1. The van der Waals surface area contributed by atoms with Crippen LogP contribution in [0.25, 0.3) is 0 Å². The van der Waals surface area contributed by atoms with Crippen molar-refractivity contribution in [1.82, 2.24) is 5.32 Å². The first kappa shape index (κ1) is 11.9. The Morgan fingerprint density at radius 3 is 2.76 bits per heavy atom. The van der Waals surface area contributed by atoms with Crippen LogP contribution in [-0.2, 0) is 0 Å². The zero-order valence-electron chi connectivity index (χ0n) is 9.24. The Kier molecular flexibility index (Phi) is 3.28. The van der Waals surface area contributed by atoms with Gasteiger partial charge in [0.05, 0.1) is 0 Å². The fraction of sp³-hybridized carbons (Fsp3) is 0.417. The molecule has 4 nitrogen and oxygen atoms in total. The van der Waals surface area contributed by atoms with Gasteiger partial charge >= 0.3 is 5.97 Å². The minimum Gasteiger partial charge on any atom is -0.507 e.